The lowest BCUT2D eigenvalue weighted by Gasteiger charge is -2.27. The lowest BCUT2D eigenvalue weighted by atomic mass is 9.90. The number of ketones is 1. The Morgan fingerprint density at radius 3 is 2.81 bits per heavy atom. The van der Waals surface area contributed by atoms with Gasteiger partial charge in [-0.25, -0.2) is 0 Å². The van der Waals surface area contributed by atoms with Crippen LogP contribution in [0.25, 0.3) is 0 Å². The number of piperidine rings is 1. The summed E-state index contributed by atoms with van der Waals surface area (Å²) in [5.41, 5.74) is 0.784. The van der Waals surface area contributed by atoms with Gasteiger partial charge in [0.15, 0.2) is 0 Å². The first-order chi connectivity index (χ1) is 7.75. The quantitative estimate of drug-likeness (QED) is 0.758. The molecule has 86 valence electrons. The smallest absolute Gasteiger partial charge is 0.142 e. The highest BCUT2D eigenvalue weighted by Crippen LogP contribution is 2.18. The molecule has 4 heteroatoms. The highest BCUT2D eigenvalue weighted by Gasteiger charge is 2.23. The molecule has 1 fully saturated rings. The van der Waals surface area contributed by atoms with Crippen LogP contribution in [0, 0.1) is 5.92 Å². The molecule has 0 spiro atoms. The molecular weight excluding hydrogens is 202 g/mol. The second kappa shape index (κ2) is 5.16. The number of hydrogen-bond acceptors (Lipinski definition) is 4. The maximum Gasteiger partial charge on any atom is 0.142 e. The van der Waals surface area contributed by atoms with Crippen LogP contribution in [-0.2, 0) is 11.2 Å². The summed E-state index contributed by atoms with van der Waals surface area (Å²) in [6.07, 6.45) is 7.33. The third kappa shape index (κ3) is 2.85. The second-order valence-corrected chi connectivity index (χ2v) is 4.42. The van der Waals surface area contributed by atoms with Gasteiger partial charge in [-0.1, -0.05) is 0 Å². The van der Waals surface area contributed by atoms with E-state index in [9.17, 15) is 4.79 Å². The van der Waals surface area contributed by atoms with Gasteiger partial charge in [0.05, 0.1) is 12.1 Å². The fraction of sp³-hybridized carbons (Fsp3) is 0.583. The molecule has 0 aromatic carbocycles. The average molecular weight is 219 g/mol. The van der Waals surface area contributed by atoms with E-state index < -0.39 is 0 Å². The summed E-state index contributed by atoms with van der Waals surface area (Å²) >= 11 is 0. The number of aromatic nitrogens is 2. The predicted octanol–water partition coefficient (Wildman–Crippen LogP) is 0.930. The molecule has 16 heavy (non-hydrogen) atoms. The standard InChI is InChI=1S/C12H17N3O/c1-15-6-2-10(3-7-15)12(16)8-11-9-13-4-5-14-11/h4-5,9-10H,2-3,6-8H2,1H3. The number of carbonyl (C=O) groups excluding carboxylic acids is 1. The molecule has 0 unspecified atom stereocenters. The molecule has 0 atom stereocenters. The lowest BCUT2D eigenvalue weighted by molar-refractivity contribution is -0.123. The van der Waals surface area contributed by atoms with Gasteiger partial charge < -0.3 is 4.90 Å². The maximum atomic E-state index is 12.0. The summed E-state index contributed by atoms with van der Waals surface area (Å²) in [7, 11) is 2.10. The summed E-state index contributed by atoms with van der Waals surface area (Å²) in [6.45, 7) is 2.05. The number of likely N-dealkylation sites (tertiary alicyclic amines) is 1. The number of Topliss-reactive ketones (excluding diaryl/α,β-unsaturated/α-hetero) is 1. The molecule has 0 aliphatic carbocycles. The van der Waals surface area contributed by atoms with Gasteiger partial charge in [-0.15, -0.1) is 0 Å². The van der Waals surface area contributed by atoms with E-state index in [1.807, 2.05) is 0 Å². The highest BCUT2D eigenvalue weighted by molar-refractivity contribution is 5.82. The van der Waals surface area contributed by atoms with Crippen molar-refractivity contribution in [2.45, 2.75) is 19.3 Å². The van der Waals surface area contributed by atoms with Crippen molar-refractivity contribution < 1.29 is 4.79 Å². The van der Waals surface area contributed by atoms with Crippen LogP contribution >= 0.6 is 0 Å². The summed E-state index contributed by atoms with van der Waals surface area (Å²) in [5.74, 6) is 0.534. The van der Waals surface area contributed by atoms with Crippen LogP contribution < -0.4 is 0 Å². The molecule has 2 heterocycles. The molecule has 1 aromatic rings. The molecule has 0 saturated carbocycles. The first kappa shape index (κ1) is 11.2. The Hall–Kier alpha value is -1.29. The minimum Gasteiger partial charge on any atom is -0.306 e. The minimum atomic E-state index is 0.221. The van der Waals surface area contributed by atoms with Crippen LogP contribution in [-0.4, -0.2) is 40.8 Å². The Morgan fingerprint density at radius 2 is 2.19 bits per heavy atom. The molecule has 0 amide bonds. The number of carbonyl (C=O) groups is 1. The molecule has 1 saturated heterocycles. The minimum absolute atomic E-state index is 0.221. The molecule has 2 rings (SSSR count). The largest absolute Gasteiger partial charge is 0.306 e. The van der Waals surface area contributed by atoms with Crippen LogP contribution in [0.4, 0.5) is 0 Å². The summed E-state index contributed by atoms with van der Waals surface area (Å²) in [4.78, 5) is 22.4. The topological polar surface area (TPSA) is 46.1 Å². The molecule has 1 aromatic heterocycles. The Bertz CT molecular complexity index is 345. The van der Waals surface area contributed by atoms with Crippen molar-refractivity contribution in [3.8, 4) is 0 Å². The molecular formula is C12H17N3O. The maximum absolute atomic E-state index is 12.0. The molecule has 1 aliphatic heterocycles. The van der Waals surface area contributed by atoms with Gasteiger partial charge in [0.25, 0.3) is 0 Å². The monoisotopic (exact) mass is 219 g/mol. The summed E-state index contributed by atoms with van der Waals surface area (Å²) in [5, 5.41) is 0. The van der Waals surface area contributed by atoms with Gasteiger partial charge in [0, 0.05) is 24.5 Å². The van der Waals surface area contributed by atoms with E-state index in [4.69, 9.17) is 0 Å². The number of hydrogen-bond donors (Lipinski definition) is 0. The Kier molecular flexibility index (Phi) is 3.62. The Labute approximate surface area is 95.7 Å². The first-order valence-electron chi connectivity index (χ1n) is 5.72. The van der Waals surface area contributed by atoms with Crippen LogP contribution in [0.3, 0.4) is 0 Å². The Morgan fingerprint density at radius 1 is 1.44 bits per heavy atom. The van der Waals surface area contributed by atoms with E-state index in [2.05, 4.69) is 21.9 Å². The van der Waals surface area contributed by atoms with Gasteiger partial charge in [-0.3, -0.25) is 14.8 Å². The van der Waals surface area contributed by atoms with Gasteiger partial charge >= 0.3 is 0 Å². The van der Waals surface area contributed by atoms with Crippen molar-refractivity contribution in [1.29, 1.82) is 0 Å². The normalized spacial score (nSPS) is 18.6. The van der Waals surface area contributed by atoms with E-state index in [1.54, 1.807) is 18.6 Å². The van der Waals surface area contributed by atoms with E-state index in [0.29, 0.717) is 12.2 Å². The van der Waals surface area contributed by atoms with Gasteiger partial charge in [-0.05, 0) is 33.0 Å². The van der Waals surface area contributed by atoms with E-state index in [-0.39, 0.29) is 5.92 Å². The van der Waals surface area contributed by atoms with Crippen molar-refractivity contribution in [2.75, 3.05) is 20.1 Å². The lowest BCUT2D eigenvalue weighted by Crippen LogP contribution is -2.34. The van der Waals surface area contributed by atoms with E-state index >= 15 is 0 Å². The number of rotatable bonds is 3. The zero-order valence-electron chi connectivity index (χ0n) is 9.59. The van der Waals surface area contributed by atoms with Crippen molar-refractivity contribution in [3.63, 3.8) is 0 Å². The second-order valence-electron chi connectivity index (χ2n) is 4.42. The van der Waals surface area contributed by atoms with Crippen molar-refractivity contribution in [2.24, 2.45) is 5.92 Å². The van der Waals surface area contributed by atoms with Crippen LogP contribution in [0.5, 0.6) is 0 Å². The first-order valence-corrected chi connectivity index (χ1v) is 5.72. The fourth-order valence-corrected chi connectivity index (χ4v) is 2.07. The van der Waals surface area contributed by atoms with Crippen LogP contribution in [0.2, 0.25) is 0 Å². The van der Waals surface area contributed by atoms with Crippen molar-refractivity contribution in [3.05, 3.63) is 24.3 Å². The van der Waals surface area contributed by atoms with E-state index in [1.165, 1.54) is 0 Å². The average Bonchev–Trinajstić information content (AvgIpc) is 2.31. The summed E-state index contributed by atoms with van der Waals surface area (Å²) < 4.78 is 0. The van der Waals surface area contributed by atoms with Crippen LogP contribution in [0.15, 0.2) is 18.6 Å². The fourth-order valence-electron chi connectivity index (χ4n) is 2.07. The number of nitrogens with zero attached hydrogens (tertiary/aromatic N) is 3. The zero-order chi connectivity index (χ0) is 11.4. The Balaban J connectivity index is 1.89. The predicted molar refractivity (Wildman–Crippen MR) is 61.0 cm³/mol. The zero-order valence-corrected chi connectivity index (χ0v) is 9.59. The third-order valence-electron chi connectivity index (χ3n) is 3.15. The third-order valence-corrected chi connectivity index (χ3v) is 3.15. The molecule has 1 aliphatic rings. The highest BCUT2D eigenvalue weighted by atomic mass is 16.1. The van der Waals surface area contributed by atoms with Gasteiger partial charge in [-0.2, -0.15) is 0 Å². The summed E-state index contributed by atoms with van der Waals surface area (Å²) in [6, 6.07) is 0. The van der Waals surface area contributed by atoms with Crippen LogP contribution in [0.1, 0.15) is 18.5 Å². The molecule has 0 N–H and O–H groups in total. The van der Waals surface area contributed by atoms with Crippen molar-refractivity contribution in [1.82, 2.24) is 14.9 Å². The van der Waals surface area contributed by atoms with Gasteiger partial charge in [0.2, 0.25) is 0 Å². The molecule has 4 nitrogen and oxygen atoms in total. The SMILES string of the molecule is CN1CCC(C(=O)Cc2cnccn2)CC1. The molecule has 0 bridgehead atoms. The molecule has 0 radical (unpaired) electrons. The van der Waals surface area contributed by atoms with E-state index in [0.717, 1.165) is 31.6 Å². The van der Waals surface area contributed by atoms with Gasteiger partial charge in [0.1, 0.15) is 5.78 Å². The van der Waals surface area contributed by atoms with Crippen molar-refractivity contribution >= 4 is 5.78 Å².